The maximum absolute atomic E-state index is 13.0. The van der Waals surface area contributed by atoms with E-state index in [9.17, 15) is 13.2 Å². The number of aryl methyl sites for hydroxylation is 2. The molecule has 0 atom stereocenters. The molecule has 1 aromatic carbocycles. The van der Waals surface area contributed by atoms with Gasteiger partial charge in [0.2, 0.25) is 15.9 Å². The van der Waals surface area contributed by atoms with Crippen LogP contribution in [0.15, 0.2) is 23.1 Å². The summed E-state index contributed by atoms with van der Waals surface area (Å²) in [6.07, 6.45) is 0.504. The van der Waals surface area contributed by atoms with Crippen LogP contribution in [0.2, 0.25) is 0 Å². The van der Waals surface area contributed by atoms with E-state index >= 15 is 0 Å². The lowest BCUT2D eigenvalue weighted by atomic mass is 10.2. The Kier molecular flexibility index (Phi) is 8.27. The van der Waals surface area contributed by atoms with Crippen LogP contribution in [-0.2, 0) is 14.8 Å². The maximum atomic E-state index is 13.0. The highest BCUT2D eigenvalue weighted by atomic mass is 35.5. The highest BCUT2D eigenvalue weighted by Gasteiger charge is 2.30. The van der Waals surface area contributed by atoms with Crippen LogP contribution >= 0.6 is 12.4 Å². The Bertz CT molecular complexity index is 773. The van der Waals surface area contributed by atoms with Crippen molar-refractivity contribution in [3.63, 3.8) is 0 Å². The van der Waals surface area contributed by atoms with Crippen molar-refractivity contribution < 1.29 is 13.2 Å². The van der Waals surface area contributed by atoms with Crippen molar-refractivity contribution in [1.82, 2.24) is 19.4 Å². The van der Waals surface area contributed by atoms with Crippen molar-refractivity contribution in [3.05, 3.63) is 29.3 Å². The molecule has 0 unspecified atom stereocenters. The Labute approximate surface area is 174 Å². The number of carbonyl (C=O) groups is 1. The zero-order chi connectivity index (χ0) is 19.4. The molecule has 1 aromatic rings. The molecular weight excluding hydrogens is 400 g/mol. The summed E-state index contributed by atoms with van der Waals surface area (Å²) in [4.78, 5) is 16.8. The smallest absolute Gasteiger partial charge is 0.243 e. The summed E-state index contributed by atoms with van der Waals surface area (Å²) in [6.45, 7) is 9.99. The van der Waals surface area contributed by atoms with Crippen molar-refractivity contribution in [1.29, 1.82) is 0 Å². The van der Waals surface area contributed by atoms with Crippen molar-refractivity contribution >= 4 is 28.3 Å². The van der Waals surface area contributed by atoms with Crippen LogP contribution in [0.3, 0.4) is 0 Å². The minimum Gasteiger partial charge on any atom is -0.340 e. The third kappa shape index (κ3) is 5.45. The Morgan fingerprint density at radius 3 is 2.32 bits per heavy atom. The Morgan fingerprint density at radius 1 is 1.04 bits per heavy atom. The highest BCUT2D eigenvalue weighted by molar-refractivity contribution is 7.89. The van der Waals surface area contributed by atoms with Crippen LogP contribution < -0.4 is 5.32 Å². The lowest BCUT2D eigenvalue weighted by Gasteiger charge is -2.34. The molecule has 2 heterocycles. The number of hydrogen-bond donors (Lipinski definition) is 1. The molecule has 1 N–H and O–H groups in total. The molecule has 2 aliphatic heterocycles. The topological polar surface area (TPSA) is 73.0 Å². The molecule has 0 bridgehead atoms. The summed E-state index contributed by atoms with van der Waals surface area (Å²) in [6, 6.07) is 5.55. The Morgan fingerprint density at radius 2 is 1.68 bits per heavy atom. The number of amides is 1. The summed E-state index contributed by atoms with van der Waals surface area (Å²) >= 11 is 0. The number of benzene rings is 1. The zero-order valence-electron chi connectivity index (χ0n) is 16.7. The molecule has 0 saturated carbocycles. The second-order valence-corrected chi connectivity index (χ2v) is 9.30. The first-order chi connectivity index (χ1) is 12.9. The first kappa shape index (κ1) is 23.1. The molecule has 0 aromatic heterocycles. The number of sulfonamides is 1. The molecule has 2 aliphatic rings. The molecule has 28 heavy (non-hydrogen) atoms. The van der Waals surface area contributed by atoms with Gasteiger partial charge < -0.3 is 15.1 Å². The fraction of sp³-hybridized carbons (Fsp3) is 0.632. The molecule has 0 aliphatic carbocycles. The van der Waals surface area contributed by atoms with Crippen LogP contribution in [0.25, 0.3) is 0 Å². The Hall–Kier alpha value is -1.19. The molecule has 158 valence electrons. The van der Waals surface area contributed by atoms with E-state index in [-0.39, 0.29) is 18.3 Å². The Balaban J connectivity index is 0.00000280. The van der Waals surface area contributed by atoms with Crippen LogP contribution in [0.4, 0.5) is 0 Å². The van der Waals surface area contributed by atoms with E-state index < -0.39 is 10.0 Å². The van der Waals surface area contributed by atoms with E-state index in [0.717, 1.165) is 37.3 Å². The number of hydrogen-bond acceptors (Lipinski definition) is 5. The number of piperazine rings is 2. The van der Waals surface area contributed by atoms with Crippen LogP contribution in [0.5, 0.6) is 0 Å². The predicted molar refractivity (Wildman–Crippen MR) is 112 cm³/mol. The van der Waals surface area contributed by atoms with Gasteiger partial charge in [0, 0.05) is 65.3 Å². The third-order valence-corrected chi connectivity index (χ3v) is 7.44. The standard InChI is InChI=1S/C19H30N4O3S.ClH/c1-16-3-4-17(2)18(15-16)27(25,26)23-13-11-21(12-14-23)8-5-19(24)22-9-6-20-7-10-22;/h3-4,15,20H,5-14H2,1-2H3;1H. The molecule has 2 fully saturated rings. The molecule has 7 nitrogen and oxygen atoms in total. The summed E-state index contributed by atoms with van der Waals surface area (Å²) in [5, 5.41) is 3.25. The van der Waals surface area contributed by atoms with Gasteiger partial charge in [-0.05, 0) is 31.0 Å². The van der Waals surface area contributed by atoms with E-state index in [0.29, 0.717) is 44.0 Å². The average molecular weight is 431 g/mol. The van der Waals surface area contributed by atoms with E-state index in [1.165, 1.54) is 0 Å². The first-order valence-corrected chi connectivity index (χ1v) is 11.1. The minimum absolute atomic E-state index is 0. The summed E-state index contributed by atoms with van der Waals surface area (Å²) in [7, 11) is -3.46. The van der Waals surface area contributed by atoms with Gasteiger partial charge in [-0.25, -0.2) is 8.42 Å². The minimum atomic E-state index is -3.46. The van der Waals surface area contributed by atoms with Crippen LogP contribution in [-0.4, -0.2) is 87.3 Å². The average Bonchev–Trinajstić information content (AvgIpc) is 2.69. The lowest BCUT2D eigenvalue weighted by Crippen LogP contribution is -2.50. The quantitative estimate of drug-likeness (QED) is 0.749. The molecule has 1 amide bonds. The molecule has 0 radical (unpaired) electrons. The summed E-state index contributed by atoms with van der Waals surface area (Å²) < 4.78 is 27.5. The number of carbonyl (C=O) groups excluding carboxylic acids is 1. The fourth-order valence-corrected chi connectivity index (χ4v) is 5.38. The molecule has 9 heteroatoms. The van der Waals surface area contributed by atoms with Crippen molar-refractivity contribution in [2.24, 2.45) is 0 Å². The van der Waals surface area contributed by atoms with Gasteiger partial charge in [0.05, 0.1) is 4.90 Å². The van der Waals surface area contributed by atoms with Crippen molar-refractivity contribution in [2.75, 3.05) is 58.9 Å². The van der Waals surface area contributed by atoms with Gasteiger partial charge in [0.1, 0.15) is 0 Å². The van der Waals surface area contributed by atoms with Gasteiger partial charge in [0.25, 0.3) is 0 Å². The molecule has 0 spiro atoms. The fourth-order valence-electron chi connectivity index (χ4n) is 3.64. The van der Waals surface area contributed by atoms with Crippen molar-refractivity contribution in [2.45, 2.75) is 25.2 Å². The number of halogens is 1. The van der Waals surface area contributed by atoms with Crippen LogP contribution in [0, 0.1) is 13.8 Å². The van der Waals surface area contributed by atoms with E-state index in [2.05, 4.69) is 10.2 Å². The maximum Gasteiger partial charge on any atom is 0.243 e. The van der Waals surface area contributed by atoms with E-state index in [1.807, 2.05) is 30.9 Å². The van der Waals surface area contributed by atoms with Gasteiger partial charge in [-0.1, -0.05) is 12.1 Å². The molecular formula is C19H31ClN4O3S. The largest absolute Gasteiger partial charge is 0.340 e. The first-order valence-electron chi connectivity index (χ1n) is 9.66. The SMILES string of the molecule is Cc1ccc(C)c(S(=O)(=O)N2CCN(CCC(=O)N3CCNCC3)CC2)c1.Cl. The van der Waals surface area contributed by atoms with Gasteiger partial charge in [-0.2, -0.15) is 4.31 Å². The third-order valence-electron chi connectivity index (χ3n) is 5.40. The number of nitrogens with one attached hydrogen (secondary N) is 1. The van der Waals surface area contributed by atoms with Gasteiger partial charge in [0.15, 0.2) is 0 Å². The van der Waals surface area contributed by atoms with Gasteiger partial charge in [-0.3, -0.25) is 4.79 Å². The second-order valence-electron chi connectivity index (χ2n) is 7.40. The lowest BCUT2D eigenvalue weighted by molar-refractivity contribution is -0.132. The van der Waals surface area contributed by atoms with Crippen molar-refractivity contribution in [3.8, 4) is 0 Å². The highest BCUT2D eigenvalue weighted by Crippen LogP contribution is 2.22. The van der Waals surface area contributed by atoms with E-state index in [4.69, 9.17) is 0 Å². The zero-order valence-corrected chi connectivity index (χ0v) is 18.3. The summed E-state index contributed by atoms with van der Waals surface area (Å²) in [5.74, 6) is 0.196. The van der Waals surface area contributed by atoms with E-state index in [1.54, 1.807) is 10.4 Å². The normalized spacial score (nSPS) is 19.3. The summed E-state index contributed by atoms with van der Waals surface area (Å²) in [5.41, 5.74) is 1.73. The number of rotatable bonds is 5. The van der Waals surface area contributed by atoms with Gasteiger partial charge in [-0.15, -0.1) is 12.4 Å². The second kappa shape index (κ2) is 10.0. The molecule has 2 saturated heterocycles. The van der Waals surface area contributed by atoms with Crippen LogP contribution in [0.1, 0.15) is 17.5 Å². The predicted octanol–water partition coefficient (Wildman–Crippen LogP) is 0.853. The number of nitrogens with zero attached hydrogens (tertiary/aromatic N) is 3. The molecule has 3 rings (SSSR count). The monoisotopic (exact) mass is 430 g/mol. The van der Waals surface area contributed by atoms with Gasteiger partial charge >= 0.3 is 0 Å².